The van der Waals surface area contributed by atoms with Crippen molar-refractivity contribution in [1.82, 2.24) is 10.2 Å². The molecule has 30 heavy (non-hydrogen) atoms. The number of halogens is 2. The van der Waals surface area contributed by atoms with Gasteiger partial charge in [-0.25, -0.2) is 28.1 Å². The molecule has 0 saturated carbocycles. The summed E-state index contributed by atoms with van der Waals surface area (Å²) in [7, 11) is 1.12. The largest absolute Gasteiger partial charge is 0.466 e. The Bertz CT molecular complexity index is 1050. The number of carbonyl (C=O) groups is 3. The van der Waals surface area contributed by atoms with Crippen LogP contribution in [0.3, 0.4) is 0 Å². The van der Waals surface area contributed by atoms with E-state index in [9.17, 15) is 23.2 Å². The molecule has 156 valence electrons. The lowest BCUT2D eigenvalue weighted by Crippen LogP contribution is -2.52. The fraction of sp³-hybridized carbons (Fsp3) is 0.190. The summed E-state index contributed by atoms with van der Waals surface area (Å²) in [5.41, 5.74) is 0.908. The van der Waals surface area contributed by atoms with Crippen LogP contribution in [0.4, 0.5) is 18.4 Å². The zero-order chi connectivity index (χ0) is 22.0. The normalized spacial score (nSPS) is 16.2. The predicted molar refractivity (Wildman–Crippen MR) is 101 cm³/mol. The van der Waals surface area contributed by atoms with Crippen LogP contribution in [0.5, 0.6) is 5.75 Å². The van der Waals surface area contributed by atoms with Crippen molar-refractivity contribution in [3.63, 3.8) is 0 Å². The molecule has 1 aliphatic heterocycles. The highest BCUT2D eigenvalue weighted by atomic mass is 19.2. The molecular formula is C21H18F2N2O5. The van der Waals surface area contributed by atoms with Crippen LogP contribution in [-0.2, 0) is 9.53 Å². The number of allylic oxidation sites excluding steroid dienone is 1. The minimum atomic E-state index is -1.39. The standard InChI is InChI=1S/C21H18F2N2O5/c1-11-4-7-14(8-5-11)30-21(28)25-18(13-6-9-15(22)16(23)10-13)17(19(26)29-3)12(2)24-20(25)27/h4-10,18H,1-3H3,(H,24,27). The van der Waals surface area contributed by atoms with Gasteiger partial charge in [-0.15, -0.1) is 0 Å². The highest BCUT2D eigenvalue weighted by Gasteiger charge is 2.43. The molecule has 0 bridgehead atoms. The fourth-order valence-corrected chi connectivity index (χ4v) is 3.06. The number of methoxy groups -OCH3 is 1. The molecule has 1 N–H and O–H groups in total. The first-order chi connectivity index (χ1) is 14.2. The summed E-state index contributed by atoms with van der Waals surface area (Å²) < 4.78 is 37.4. The summed E-state index contributed by atoms with van der Waals surface area (Å²) in [6, 6.07) is 7.00. The van der Waals surface area contributed by atoms with Gasteiger partial charge in [-0.1, -0.05) is 23.8 Å². The third kappa shape index (κ3) is 4.00. The van der Waals surface area contributed by atoms with Crippen molar-refractivity contribution in [3.8, 4) is 5.75 Å². The van der Waals surface area contributed by atoms with E-state index < -0.39 is 35.8 Å². The second kappa shape index (κ2) is 8.32. The average molecular weight is 416 g/mol. The number of hydrogen-bond donors (Lipinski definition) is 1. The number of nitrogens with one attached hydrogen (secondary N) is 1. The number of imide groups is 1. The zero-order valence-electron chi connectivity index (χ0n) is 16.4. The molecule has 3 amide bonds. The molecule has 1 unspecified atom stereocenters. The van der Waals surface area contributed by atoms with Crippen LogP contribution in [-0.4, -0.2) is 30.1 Å². The van der Waals surface area contributed by atoms with Crippen LogP contribution in [0.25, 0.3) is 0 Å². The Kier molecular flexibility index (Phi) is 5.81. The molecule has 0 radical (unpaired) electrons. The summed E-state index contributed by atoms with van der Waals surface area (Å²) in [6.45, 7) is 3.28. The van der Waals surface area contributed by atoms with Crippen molar-refractivity contribution < 1.29 is 32.6 Å². The number of carbonyl (C=O) groups excluding carboxylic acids is 3. The number of esters is 1. The van der Waals surface area contributed by atoms with Gasteiger partial charge < -0.3 is 14.8 Å². The summed E-state index contributed by atoms with van der Waals surface area (Å²) in [4.78, 5) is 38.5. The van der Waals surface area contributed by atoms with Gasteiger partial charge in [0.1, 0.15) is 11.8 Å². The molecule has 0 aliphatic carbocycles. The van der Waals surface area contributed by atoms with Gasteiger partial charge in [-0.3, -0.25) is 0 Å². The van der Waals surface area contributed by atoms with E-state index in [0.29, 0.717) is 4.90 Å². The van der Waals surface area contributed by atoms with Crippen molar-refractivity contribution in [1.29, 1.82) is 0 Å². The minimum Gasteiger partial charge on any atom is -0.466 e. The van der Waals surface area contributed by atoms with Gasteiger partial charge in [-0.05, 0) is 43.7 Å². The van der Waals surface area contributed by atoms with E-state index in [1.54, 1.807) is 12.1 Å². The van der Waals surface area contributed by atoms with E-state index in [1.165, 1.54) is 25.1 Å². The third-order valence-corrected chi connectivity index (χ3v) is 4.54. The van der Waals surface area contributed by atoms with E-state index in [0.717, 1.165) is 24.8 Å². The van der Waals surface area contributed by atoms with Gasteiger partial charge in [0.2, 0.25) is 0 Å². The molecule has 2 aromatic rings. The Hall–Kier alpha value is -3.75. The molecule has 0 saturated heterocycles. The van der Waals surface area contributed by atoms with Crippen LogP contribution >= 0.6 is 0 Å². The molecule has 7 nitrogen and oxygen atoms in total. The van der Waals surface area contributed by atoms with Crippen LogP contribution in [0.2, 0.25) is 0 Å². The third-order valence-electron chi connectivity index (χ3n) is 4.54. The number of hydrogen-bond acceptors (Lipinski definition) is 5. The predicted octanol–water partition coefficient (Wildman–Crippen LogP) is 3.99. The van der Waals surface area contributed by atoms with E-state index in [2.05, 4.69) is 5.32 Å². The smallest absolute Gasteiger partial charge is 0.424 e. The number of aryl methyl sites for hydroxylation is 1. The van der Waals surface area contributed by atoms with Gasteiger partial charge >= 0.3 is 18.1 Å². The fourth-order valence-electron chi connectivity index (χ4n) is 3.06. The molecule has 0 spiro atoms. The van der Waals surface area contributed by atoms with Crippen LogP contribution in [0, 0.1) is 18.6 Å². The molecule has 0 fully saturated rings. The van der Waals surface area contributed by atoms with Gasteiger partial charge in [0.15, 0.2) is 11.6 Å². The summed E-state index contributed by atoms with van der Waals surface area (Å²) >= 11 is 0. The maximum atomic E-state index is 13.9. The summed E-state index contributed by atoms with van der Waals surface area (Å²) in [5.74, 6) is -3.01. The van der Waals surface area contributed by atoms with Crippen LogP contribution in [0.15, 0.2) is 53.7 Å². The van der Waals surface area contributed by atoms with Crippen molar-refractivity contribution in [2.24, 2.45) is 0 Å². The summed E-state index contributed by atoms with van der Waals surface area (Å²) in [6.07, 6.45) is -1.11. The van der Waals surface area contributed by atoms with Crippen LogP contribution < -0.4 is 10.1 Å². The summed E-state index contributed by atoms with van der Waals surface area (Å²) in [5, 5.41) is 2.39. The highest BCUT2D eigenvalue weighted by molar-refractivity contribution is 6.00. The topological polar surface area (TPSA) is 84.9 Å². The van der Waals surface area contributed by atoms with Crippen molar-refractivity contribution in [3.05, 3.63) is 76.5 Å². The first kappa shape index (κ1) is 21.0. The zero-order valence-corrected chi connectivity index (χ0v) is 16.4. The molecule has 3 rings (SSSR count). The quantitative estimate of drug-likeness (QED) is 0.765. The number of amides is 3. The Morgan fingerprint density at radius 1 is 1.03 bits per heavy atom. The van der Waals surface area contributed by atoms with E-state index in [4.69, 9.17) is 9.47 Å². The lowest BCUT2D eigenvalue weighted by Gasteiger charge is -2.35. The second-order valence-corrected chi connectivity index (χ2v) is 6.59. The Balaban J connectivity index is 2.09. The monoisotopic (exact) mass is 416 g/mol. The van der Waals surface area contributed by atoms with Gasteiger partial charge in [0.25, 0.3) is 0 Å². The highest BCUT2D eigenvalue weighted by Crippen LogP contribution is 2.35. The van der Waals surface area contributed by atoms with E-state index >= 15 is 0 Å². The number of nitrogens with zero attached hydrogens (tertiary/aromatic N) is 1. The molecule has 1 heterocycles. The molecule has 1 aliphatic rings. The molecule has 0 aromatic heterocycles. The molecule has 9 heteroatoms. The molecular weight excluding hydrogens is 398 g/mol. The van der Waals surface area contributed by atoms with Crippen molar-refractivity contribution in [2.45, 2.75) is 19.9 Å². The lowest BCUT2D eigenvalue weighted by molar-refractivity contribution is -0.136. The number of urea groups is 1. The minimum absolute atomic E-state index is 0.00986. The number of benzene rings is 2. The van der Waals surface area contributed by atoms with Crippen molar-refractivity contribution in [2.75, 3.05) is 7.11 Å². The van der Waals surface area contributed by atoms with Crippen LogP contribution in [0.1, 0.15) is 24.1 Å². The van der Waals surface area contributed by atoms with E-state index in [1.807, 2.05) is 6.92 Å². The van der Waals surface area contributed by atoms with E-state index in [-0.39, 0.29) is 22.6 Å². The Morgan fingerprint density at radius 2 is 1.70 bits per heavy atom. The number of ether oxygens (including phenoxy) is 2. The first-order valence-electron chi connectivity index (χ1n) is 8.85. The maximum Gasteiger partial charge on any atom is 0.424 e. The SMILES string of the molecule is COC(=O)C1=C(C)NC(=O)N(C(=O)Oc2ccc(C)cc2)C1c1ccc(F)c(F)c1. The van der Waals surface area contributed by atoms with Gasteiger partial charge in [0.05, 0.1) is 12.7 Å². The lowest BCUT2D eigenvalue weighted by atomic mass is 9.94. The van der Waals surface area contributed by atoms with Gasteiger partial charge in [-0.2, -0.15) is 0 Å². The van der Waals surface area contributed by atoms with Crippen molar-refractivity contribution >= 4 is 18.1 Å². The van der Waals surface area contributed by atoms with Gasteiger partial charge in [0, 0.05) is 5.70 Å². The molecule has 2 aromatic carbocycles. The Morgan fingerprint density at radius 3 is 2.30 bits per heavy atom. The molecule has 1 atom stereocenters. The maximum absolute atomic E-state index is 13.9. The first-order valence-corrected chi connectivity index (χ1v) is 8.85. The average Bonchev–Trinajstić information content (AvgIpc) is 2.70. The number of rotatable bonds is 3. The Labute approximate surface area is 170 Å². The second-order valence-electron chi connectivity index (χ2n) is 6.59.